The summed E-state index contributed by atoms with van der Waals surface area (Å²) in [6.45, 7) is 7.19. The van der Waals surface area contributed by atoms with Crippen molar-refractivity contribution in [2.45, 2.75) is 32.4 Å². The van der Waals surface area contributed by atoms with Crippen LogP contribution in [0, 0.1) is 6.92 Å². The second-order valence-electron chi connectivity index (χ2n) is 7.42. The molecule has 0 aliphatic carbocycles. The van der Waals surface area contributed by atoms with Crippen LogP contribution in [0.4, 0.5) is 5.69 Å². The van der Waals surface area contributed by atoms with Gasteiger partial charge in [0.05, 0.1) is 19.8 Å². The standard InChI is InChI=1S/C23H32N4O2/c1-4-24-23(25-15-22(28)18-7-11-21(29-3)12-8-18)26-19-13-14-27(16-19)20-9-5-17(2)6-10-20/h5-12,19,22,28H,4,13-16H2,1-3H3,(H2,24,25,26). The Balaban J connectivity index is 1.56. The summed E-state index contributed by atoms with van der Waals surface area (Å²) in [4.78, 5) is 7.00. The zero-order chi connectivity index (χ0) is 20.6. The van der Waals surface area contributed by atoms with E-state index >= 15 is 0 Å². The van der Waals surface area contributed by atoms with Gasteiger partial charge in [-0.2, -0.15) is 0 Å². The van der Waals surface area contributed by atoms with Gasteiger partial charge in [0, 0.05) is 31.4 Å². The highest BCUT2D eigenvalue weighted by atomic mass is 16.5. The van der Waals surface area contributed by atoms with Crippen molar-refractivity contribution < 1.29 is 9.84 Å². The lowest BCUT2D eigenvalue weighted by atomic mass is 10.1. The van der Waals surface area contributed by atoms with Crippen molar-refractivity contribution >= 4 is 11.6 Å². The average molecular weight is 397 g/mol. The quantitative estimate of drug-likeness (QED) is 0.496. The van der Waals surface area contributed by atoms with E-state index in [1.807, 2.05) is 31.2 Å². The van der Waals surface area contributed by atoms with E-state index in [1.54, 1.807) is 7.11 Å². The maximum atomic E-state index is 10.5. The number of hydrogen-bond acceptors (Lipinski definition) is 4. The molecule has 2 aromatic carbocycles. The molecule has 1 saturated heterocycles. The van der Waals surface area contributed by atoms with Gasteiger partial charge in [0.15, 0.2) is 5.96 Å². The van der Waals surface area contributed by atoms with Crippen LogP contribution < -0.4 is 20.3 Å². The topological polar surface area (TPSA) is 69.1 Å². The summed E-state index contributed by atoms with van der Waals surface area (Å²) in [6.07, 6.45) is 0.406. The minimum Gasteiger partial charge on any atom is -0.497 e. The zero-order valence-electron chi connectivity index (χ0n) is 17.6. The fourth-order valence-corrected chi connectivity index (χ4v) is 3.49. The van der Waals surface area contributed by atoms with Gasteiger partial charge in [0.25, 0.3) is 0 Å². The van der Waals surface area contributed by atoms with Gasteiger partial charge in [-0.15, -0.1) is 0 Å². The molecule has 2 unspecified atom stereocenters. The molecule has 1 aliphatic rings. The number of methoxy groups -OCH3 is 1. The van der Waals surface area contributed by atoms with E-state index in [2.05, 4.69) is 51.7 Å². The largest absolute Gasteiger partial charge is 0.497 e. The van der Waals surface area contributed by atoms with Crippen molar-refractivity contribution in [3.8, 4) is 5.75 Å². The number of benzene rings is 2. The van der Waals surface area contributed by atoms with Crippen LogP contribution in [0.3, 0.4) is 0 Å². The Morgan fingerprint density at radius 3 is 2.59 bits per heavy atom. The molecule has 3 N–H and O–H groups in total. The zero-order valence-corrected chi connectivity index (χ0v) is 17.6. The monoisotopic (exact) mass is 396 g/mol. The Morgan fingerprint density at radius 1 is 1.21 bits per heavy atom. The number of nitrogens with one attached hydrogen (secondary N) is 2. The van der Waals surface area contributed by atoms with E-state index in [0.717, 1.165) is 43.3 Å². The Kier molecular flexibility index (Phi) is 7.36. The lowest BCUT2D eigenvalue weighted by molar-refractivity contribution is 0.187. The van der Waals surface area contributed by atoms with Crippen molar-refractivity contribution in [2.75, 3.05) is 38.2 Å². The summed E-state index contributed by atoms with van der Waals surface area (Å²) in [5, 5.41) is 17.3. The molecular formula is C23H32N4O2. The molecule has 1 heterocycles. The molecule has 2 atom stereocenters. The van der Waals surface area contributed by atoms with Crippen LogP contribution >= 0.6 is 0 Å². The molecule has 0 radical (unpaired) electrons. The van der Waals surface area contributed by atoms with Crippen LogP contribution in [0.5, 0.6) is 5.75 Å². The SMILES string of the molecule is CCNC(=NCC(O)c1ccc(OC)cc1)NC1CCN(c2ccc(C)cc2)C1. The molecule has 1 fully saturated rings. The summed E-state index contributed by atoms with van der Waals surface area (Å²) in [5.41, 5.74) is 3.37. The minimum absolute atomic E-state index is 0.302. The number of ether oxygens (including phenoxy) is 1. The van der Waals surface area contributed by atoms with Gasteiger partial charge in [-0.25, -0.2) is 0 Å². The predicted molar refractivity (Wildman–Crippen MR) is 119 cm³/mol. The third kappa shape index (κ3) is 5.87. The van der Waals surface area contributed by atoms with Crippen LogP contribution in [0.2, 0.25) is 0 Å². The maximum absolute atomic E-state index is 10.5. The number of aliphatic hydroxyl groups is 1. The van der Waals surface area contributed by atoms with Crippen LogP contribution in [0.1, 0.15) is 30.6 Å². The van der Waals surface area contributed by atoms with Crippen molar-refractivity contribution in [1.82, 2.24) is 10.6 Å². The Bertz CT molecular complexity index is 790. The molecule has 0 saturated carbocycles. The number of rotatable bonds is 7. The first-order chi connectivity index (χ1) is 14.1. The fourth-order valence-electron chi connectivity index (χ4n) is 3.49. The molecule has 3 rings (SSSR count). The Hall–Kier alpha value is -2.73. The van der Waals surface area contributed by atoms with Crippen LogP contribution in [-0.4, -0.2) is 50.4 Å². The first-order valence-corrected chi connectivity index (χ1v) is 10.3. The van der Waals surface area contributed by atoms with E-state index in [1.165, 1.54) is 11.3 Å². The number of guanidine groups is 1. The van der Waals surface area contributed by atoms with Gasteiger partial charge in [0.2, 0.25) is 0 Å². The van der Waals surface area contributed by atoms with Gasteiger partial charge in [-0.1, -0.05) is 29.8 Å². The number of hydrogen-bond donors (Lipinski definition) is 3. The maximum Gasteiger partial charge on any atom is 0.191 e. The molecule has 0 bridgehead atoms. The summed E-state index contributed by atoms with van der Waals surface area (Å²) < 4.78 is 5.17. The highest BCUT2D eigenvalue weighted by Gasteiger charge is 2.23. The van der Waals surface area contributed by atoms with Crippen molar-refractivity contribution in [1.29, 1.82) is 0 Å². The molecule has 156 valence electrons. The van der Waals surface area contributed by atoms with E-state index in [-0.39, 0.29) is 0 Å². The molecule has 2 aromatic rings. The number of aliphatic hydroxyl groups excluding tert-OH is 1. The smallest absolute Gasteiger partial charge is 0.191 e. The number of nitrogens with zero attached hydrogens (tertiary/aromatic N) is 2. The Labute approximate surface area is 173 Å². The van der Waals surface area contributed by atoms with Crippen LogP contribution in [-0.2, 0) is 0 Å². The lowest BCUT2D eigenvalue weighted by Crippen LogP contribution is -2.44. The normalized spacial score (nSPS) is 17.9. The lowest BCUT2D eigenvalue weighted by Gasteiger charge is -2.21. The molecule has 0 aromatic heterocycles. The first kappa shape index (κ1) is 21.0. The molecule has 29 heavy (non-hydrogen) atoms. The fraction of sp³-hybridized carbons (Fsp3) is 0.435. The Morgan fingerprint density at radius 2 is 1.93 bits per heavy atom. The second-order valence-corrected chi connectivity index (χ2v) is 7.42. The third-order valence-electron chi connectivity index (χ3n) is 5.20. The van der Waals surface area contributed by atoms with Gasteiger partial charge in [0.1, 0.15) is 5.75 Å². The average Bonchev–Trinajstić information content (AvgIpc) is 3.21. The highest BCUT2D eigenvalue weighted by Crippen LogP contribution is 2.21. The highest BCUT2D eigenvalue weighted by molar-refractivity contribution is 5.80. The van der Waals surface area contributed by atoms with E-state index in [0.29, 0.717) is 12.6 Å². The summed E-state index contributed by atoms with van der Waals surface area (Å²) in [6, 6.07) is 16.4. The van der Waals surface area contributed by atoms with E-state index in [4.69, 9.17) is 4.74 Å². The van der Waals surface area contributed by atoms with Gasteiger partial charge < -0.3 is 25.4 Å². The van der Waals surface area contributed by atoms with Gasteiger partial charge >= 0.3 is 0 Å². The molecule has 6 heteroatoms. The number of aliphatic imine (C=N–C) groups is 1. The summed E-state index contributed by atoms with van der Waals surface area (Å²) in [5.74, 6) is 1.52. The number of aryl methyl sites for hydroxylation is 1. The molecule has 0 spiro atoms. The minimum atomic E-state index is -0.649. The molecule has 1 aliphatic heterocycles. The van der Waals surface area contributed by atoms with Crippen LogP contribution in [0.15, 0.2) is 53.5 Å². The number of anilines is 1. The second kappa shape index (κ2) is 10.2. The molecule has 0 amide bonds. The summed E-state index contributed by atoms with van der Waals surface area (Å²) in [7, 11) is 1.63. The van der Waals surface area contributed by atoms with Gasteiger partial charge in [-0.3, -0.25) is 4.99 Å². The van der Waals surface area contributed by atoms with Crippen molar-refractivity contribution in [2.24, 2.45) is 4.99 Å². The third-order valence-corrected chi connectivity index (χ3v) is 5.20. The first-order valence-electron chi connectivity index (χ1n) is 10.3. The summed E-state index contributed by atoms with van der Waals surface area (Å²) >= 11 is 0. The van der Waals surface area contributed by atoms with Gasteiger partial charge in [-0.05, 0) is 50.1 Å². The van der Waals surface area contributed by atoms with Crippen molar-refractivity contribution in [3.63, 3.8) is 0 Å². The molecule has 6 nitrogen and oxygen atoms in total. The van der Waals surface area contributed by atoms with Crippen LogP contribution in [0.25, 0.3) is 0 Å². The predicted octanol–water partition coefficient (Wildman–Crippen LogP) is 2.87. The van der Waals surface area contributed by atoms with E-state index in [9.17, 15) is 5.11 Å². The van der Waals surface area contributed by atoms with Crippen molar-refractivity contribution in [3.05, 3.63) is 59.7 Å². The van der Waals surface area contributed by atoms with E-state index < -0.39 is 6.10 Å². The molecular weight excluding hydrogens is 364 g/mol.